The Hall–Kier alpha value is -2.74. The number of rotatable bonds is 15. The van der Waals surface area contributed by atoms with Crippen LogP contribution in [0.5, 0.6) is 11.5 Å². The minimum absolute atomic E-state index is 0.0178. The Bertz CT molecular complexity index is 1300. The van der Waals surface area contributed by atoms with Gasteiger partial charge >= 0.3 is 0 Å². The van der Waals surface area contributed by atoms with Crippen LogP contribution < -0.4 is 14.8 Å². The normalized spacial score (nSPS) is 11.2. The second kappa shape index (κ2) is 15.0. The van der Waals surface area contributed by atoms with Gasteiger partial charge in [-0.3, -0.25) is 9.52 Å². The molecule has 0 radical (unpaired) electrons. The molecule has 0 aliphatic heterocycles. The molecule has 0 fully saturated rings. The predicted octanol–water partition coefficient (Wildman–Crippen LogP) is 8.46. The van der Waals surface area contributed by atoms with Crippen molar-refractivity contribution in [1.82, 2.24) is 5.32 Å². The number of anilines is 1. The van der Waals surface area contributed by atoms with E-state index in [2.05, 4.69) is 17.0 Å². The number of amides is 1. The first kappa shape index (κ1) is 29.8. The Labute approximate surface area is 235 Å². The molecule has 0 unspecified atom stereocenters. The van der Waals surface area contributed by atoms with E-state index in [1.54, 1.807) is 24.3 Å². The lowest BCUT2D eigenvalue weighted by atomic mass is 10.1. The molecule has 0 spiro atoms. The van der Waals surface area contributed by atoms with Gasteiger partial charge in [0.2, 0.25) is 0 Å². The van der Waals surface area contributed by atoms with Crippen molar-refractivity contribution >= 4 is 44.8 Å². The zero-order valence-electron chi connectivity index (χ0n) is 21.5. The monoisotopic (exact) mass is 576 g/mol. The number of benzene rings is 3. The molecular weight excluding hydrogens is 543 g/mol. The minimum atomic E-state index is -3.98. The topological polar surface area (TPSA) is 84.5 Å². The van der Waals surface area contributed by atoms with Crippen LogP contribution in [-0.2, 0) is 10.0 Å². The fourth-order valence-electron chi connectivity index (χ4n) is 3.89. The standard InChI is InChI=1S/C29H34Cl2N2O4S/c1-2-3-4-5-6-7-8-11-20-32-29(34)25-21-22(30)14-19-27(25)33-38(35,36)24-17-15-23(16-18-24)37-28-13-10-9-12-26(28)31/h9-10,12-19,21,33H,2-8,11,20H2,1H3,(H,32,34). The maximum absolute atomic E-state index is 13.1. The van der Waals surface area contributed by atoms with Crippen molar-refractivity contribution in [2.75, 3.05) is 11.3 Å². The predicted molar refractivity (Wildman–Crippen MR) is 155 cm³/mol. The van der Waals surface area contributed by atoms with Gasteiger partial charge in [0.05, 0.1) is 21.2 Å². The summed E-state index contributed by atoms with van der Waals surface area (Å²) in [5.41, 5.74) is 0.318. The molecule has 3 rings (SSSR count). The molecule has 0 aromatic heterocycles. The quantitative estimate of drug-likeness (QED) is 0.178. The first-order valence-electron chi connectivity index (χ1n) is 12.9. The molecule has 0 bridgehead atoms. The van der Waals surface area contributed by atoms with Gasteiger partial charge in [0.1, 0.15) is 11.5 Å². The first-order valence-corrected chi connectivity index (χ1v) is 15.2. The lowest BCUT2D eigenvalue weighted by Crippen LogP contribution is -2.26. The molecule has 204 valence electrons. The molecule has 0 saturated heterocycles. The molecule has 1 amide bonds. The van der Waals surface area contributed by atoms with Crippen molar-refractivity contribution in [2.24, 2.45) is 0 Å². The molecule has 0 atom stereocenters. The van der Waals surface area contributed by atoms with Gasteiger partial charge in [-0.1, -0.05) is 87.2 Å². The zero-order chi connectivity index (χ0) is 27.4. The average Bonchev–Trinajstić information content (AvgIpc) is 2.90. The van der Waals surface area contributed by atoms with Crippen LogP contribution in [0.15, 0.2) is 71.6 Å². The van der Waals surface area contributed by atoms with Gasteiger partial charge in [-0.25, -0.2) is 8.42 Å². The van der Waals surface area contributed by atoms with Gasteiger partial charge in [0.15, 0.2) is 0 Å². The third-order valence-corrected chi connectivity index (χ3v) is 7.91. The van der Waals surface area contributed by atoms with E-state index in [9.17, 15) is 13.2 Å². The highest BCUT2D eigenvalue weighted by Crippen LogP contribution is 2.30. The van der Waals surface area contributed by atoms with Crippen LogP contribution in [-0.4, -0.2) is 20.9 Å². The number of hydrogen-bond acceptors (Lipinski definition) is 4. The molecule has 38 heavy (non-hydrogen) atoms. The van der Waals surface area contributed by atoms with Crippen molar-refractivity contribution in [3.8, 4) is 11.5 Å². The molecule has 0 saturated carbocycles. The highest BCUT2D eigenvalue weighted by Gasteiger charge is 2.19. The Morgan fingerprint density at radius 3 is 2.18 bits per heavy atom. The number of unbranched alkanes of at least 4 members (excludes halogenated alkanes) is 7. The van der Waals surface area contributed by atoms with E-state index in [0.717, 1.165) is 19.3 Å². The molecule has 6 nitrogen and oxygen atoms in total. The SMILES string of the molecule is CCCCCCCCCCNC(=O)c1cc(Cl)ccc1NS(=O)(=O)c1ccc(Oc2ccccc2Cl)cc1. The van der Waals surface area contributed by atoms with Crippen molar-refractivity contribution in [3.63, 3.8) is 0 Å². The summed E-state index contributed by atoms with van der Waals surface area (Å²) < 4.78 is 34.4. The van der Waals surface area contributed by atoms with E-state index in [-0.39, 0.29) is 22.1 Å². The van der Waals surface area contributed by atoms with Crippen molar-refractivity contribution in [2.45, 2.75) is 63.2 Å². The summed E-state index contributed by atoms with van der Waals surface area (Å²) >= 11 is 12.2. The van der Waals surface area contributed by atoms with Gasteiger partial charge in [0, 0.05) is 11.6 Å². The van der Waals surface area contributed by atoms with Gasteiger partial charge < -0.3 is 10.1 Å². The highest BCUT2D eigenvalue weighted by atomic mass is 35.5. The summed E-state index contributed by atoms with van der Waals surface area (Å²) in [6.07, 6.45) is 9.31. The summed E-state index contributed by atoms with van der Waals surface area (Å²) in [5.74, 6) is 0.521. The van der Waals surface area contributed by atoms with Crippen LogP contribution >= 0.6 is 23.2 Å². The number of carbonyl (C=O) groups excluding carboxylic acids is 1. The van der Waals surface area contributed by atoms with E-state index in [4.69, 9.17) is 27.9 Å². The van der Waals surface area contributed by atoms with Crippen LogP contribution in [0.3, 0.4) is 0 Å². The number of hydrogen-bond donors (Lipinski definition) is 2. The van der Waals surface area contributed by atoms with Crippen LogP contribution in [0, 0.1) is 0 Å². The van der Waals surface area contributed by atoms with E-state index in [1.807, 2.05) is 0 Å². The van der Waals surface area contributed by atoms with Gasteiger partial charge in [0.25, 0.3) is 15.9 Å². The minimum Gasteiger partial charge on any atom is -0.456 e. The third-order valence-electron chi connectivity index (χ3n) is 5.98. The maximum atomic E-state index is 13.1. The summed E-state index contributed by atoms with van der Waals surface area (Å²) in [6.45, 7) is 2.72. The Morgan fingerprint density at radius 1 is 0.842 bits per heavy atom. The average molecular weight is 578 g/mol. The zero-order valence-corrected chi connectivity index (χ0v) is 23.8. The van der Waals surface area contributed by atoms with E-state index >= 15 is 0 Å². The summed E-state index contributed by atoms with van der Waals surface area (Å²) in [7, 11) is -3.98. The molecule has 3 aromatic rings. The van der Waals surface area contributed by atoms with Crippen molar-refractivity contribution < 1.29 is 17.9 Å². The van der Waals surface area contributed by atoms with Gasteiger partial charge in [-0.2, -0.15) is 0 Å². The lowest BCUT2D eigenvalue weighted by Gasteiger charge is -2.14. The Kier molecular flexibility index (Phi) is 11.8. The Morgan fingerprint density at radius 2 is 1.50 bits per heavy atom. The molecule has 0 aliphatic carbocycles. The van der Waals surface area contributed by atoms with Crippen LogP contribution in [0.25, 0.3) is 0 Å². The fraction of sp³-hybridized carbons (Fsp3) is 0.345. The van der Waals surface area contributed by atoms with E-state index in [1.165, 1.54) is 74.6 Å². The number of nitrogens with one attached hydrogen (secondary N) is 2. The molecular formula is C29H34Cl2N2O4S. The fourth-order valence-corrected chi connectivity index (χ4v) is 5.32. The molecule has 2 N–H and O–H groups in total. The Balaban J connectivity index is 1.59. The maximum Gasteiger partial charge on any atom is 0.261 e. The summed E-state index contributed by atoms with van der Waals surface area (Å²) in [5, 5.41) is 3.66. The smallest absolute Gasteiger partial charge is 0.261 e. The molecule has 0 heterocycles. The number of carbonyl (C=O) groups is 1. The van der Waals surface area contributed by atoms with E-state index < -0.39 is 10.0 Å². The van der Waals surface area contributed by atoms with Crippen LogP contribution in [0.4, 0.5) is 5.69 Å². The highest BCUT2D eigenvalue weighted by molar-refractivity contribution is 7.92. The largest absolute Gasteiger partial charge is 0.456 e. The summed E-state index contributed by atoms with van der Waals surface area (Å²) in [4.78, 5) is 12.9. The van der Waals surface area contributed by atoms with Crippen molar-refractivity contribution in [1.29, 1.82) is 0 Å². The number of sulfonamides is 1. The van der Waals surface area contributed by atoms with Crippen LogP contribution in [0.1, 0.15) is 68.6 Å². The molecule has 9 heteroatoms. The third kappa shape index (κ3) is 9.22. The number of halogens is 2. The number of para-hydroxylation sites is 1. The van der Waals surface area contributed by atoms with E-state index in [0.29, 0.717) is 28.1 Å². The first-order chi connectivity index (χ1) is 18.3. The van der Waals surface area contributed by atoms with Gasteiger partial charge in [-0.05, 0) is 61.0 Å². The van der Waals surface area contributed by atoms with Crippen LogP contribution in [0.2, 0.25) is 10.0 Å². The van der Waals surface area contributed by atoms with Crippen molar-refractivity contribution in [3.05, 3.63) is 82.3 Å². The summed E-state index contributed by atoms with van der Waals surface area (Å²) in [6, 6.07) is 17.4. The lowest BCUT2D eigenvalue weighted by molar-refractivity contribution is 0.0954. The molecule has 0 aliphatic rings. The van der Waals surface area contributed by atoms with Gasteiger partial charge in [-0.15, -0.1) is 0 Å². The number of ether oxygens (including phenoxy) is 1. The molecule has 3 aromatic carbocycles. The second-order valence-electron chi connectivity index (χ2n) is 9.03. The second-order valence-corrected chi connectivity index (χ2v) is 11.6.